The number of carboxylic acids is 1. The van der Waals surface area contributed by atoms with Gasteiger partial charge in [-0.3, -0.25) is 4.99 Å². The van der Waals surface area contributed by atoms with Crippen LogP contribution in [0.3, 0.4) is 0 Å². The van der Waals surface area contributed by atoms with Crippen molar-refractivity contribution in [3.8, 4) is 17.2 Å². The molecule has 0 aliphatic carbocycles. The molecule has 0 amide bonds. The molecule has 20 heavy (non-hydrogen) atoms. The topological polar surface area (TPSA) is 110 Å². The molecule has 6 nitrogen and oxygen atoms in total. The van der Waals surface area contributed by atoms with E-state index in [-0.39, 0.29) is 11.3 Å². The average Bonchev–Trinajstić information content (AvgIpc) is 2.44. The van der Waals surface area contributed by atoms with Gasteiger partial charge < -0.3 is 20.4 Å². The third-order valence-corrected chi connectivity index (χ3v) is 2.62. The molecule has 2 aromatic rings. The molecule has 0 fully saturated rings. The molecule has 0 saturated carbocycles. The summed E-state index contributed by atoms with van der Waals surface area (Å²) in [5.74, 6) is -2.62. The number of hydrogen-bond acceptors (Lipinski definition) is 5. The van der Waals surface area contributed by atoms with Crippen molar-refractivity contribution in [1.82, 2.24) is 0 Å². The number of aliphatic imine (C=N–C) groups is 1. The first kappa shape index (κ1) is 13.4. The summed E-state index contributed by atoms with van der Waals surface area (Å²) >= 11 is 0. The van der Waals surface area contributed by atoms with E-state index in [2.05, 4.69) is 4.99 Å². The minimum Gasteiger partial charge on any atom is -0.504 e. The van der Waals surface area contributed by atoms with Gasteiger partial charge in [0.25, 0.3) is 0 Å². The van der Waals surface area contributed by atoms with Gasteiger partial charge in [-0.2, -0.15) is 0 Å². The third-order valence-electron chi connectivity index (χ3n) is 2.62. The quantitative estimate of drug-likeness (QED) is 0.506. The van der Waals surface area contributed by atoms with Gasteiger partial charge in [-0.05, 0) is 29.8 Å². The number of benzene rings is 2. The van der Waals surface area contributed by atoms with E-state index in [1.54, 1.807) is 12.1 Å². The average molecular weight is 273 g/mol. The first-order chi connectivity index (χ1) is 9.49. The number of hydrogen-bond donors (Lipinski definition) is 4. The van der Waals surface area contributed by atoms with E-state index in [9.17, 15) is 20.1 Å². The summed E-state index contributed by atoms with van der Waals surface area (Å²) in [5.41, 5.74) is 0.872. The number of carbonyl (C=O) groups is 1. The number of phenolic OH excluding ortho intramolecular Hbond substituents is 3. The van der Waals surface area contributed by atoms with Crippen LogP contribution in [0.1, 0.15) is 15.9 Å². The minimum atomic E-state index is -1.02. The van der Waals surface area contributed by atoms with Crippen LogP contribution in [0.2, 0.25) is 0 Å². The van der Waals surface area contributed by atoms with Crippen molar-refractivity contribution in [1.29, 1.82) is 0 Å². The summed E-state index contributed by atoms with van der Waals surface area (Å²) < 4.78 is 0. The Morgan fingerprint density at radius 3 is 2.20 bits per heavy atom. The highest BCUT2D eigenvalue weighted by atomic mass is 16.4. The van der Waals surface area contributed by atoms with Crippen molar-refractivity contribution in [3.05, 3.63) is 47.5 Å². The van der Waals surface area contributed by atoms with Crippen LogP contribution >= 0.6 is 0 Å². The van der Waals surface area contributed by atoms with Crippen molar-refractivity contribution >= 4 is 17.9 Å². The van der Waals surface area contributed by atoms with E-state index in [0.717, 1.165) is 0 Å². The molecule has 0 aliphatic rings. The van der Waals surface area contributed by atoms with Gasteiger partial charge in [-0.15, -0.1) is 0 Å². The second-order valence-corrected chi connectivity index (χ2v) is 3.99. The van der Waals surface area contributed by atoms with E-state index in [0.29, 0.717) is 5.56 Å². The maximum absolute atomic E-state index is 10.7. The maximum atomic E-state index is 10.7. The highest BCUT2D eigenvalue weighted by molar-refractivity contribution is 5.89. The Labute approximate surface area is 113 Å². The Bertz CT molecular complexity index is 677. The van der Waals surface area contributed by atoms with Crippen molar-refractivity contribution in [3.63, 3.8) is 0 Å². The van der Waals surface area contributed by atoms with Gasteiger partial charge in [0.2, 0.25) is 5.75 Å². The number of nitrogens with zero attached hydrogens (tertiary/aromatic N) is 1. The minimum absolute atomic E-state index is 0.0858. The van der Waals surface area contributed by atoms with Crippen molar-refractivity contribution in [2.45, 2.75) is 0 Å². The molecular weight excluding hydrogens is 262 g/mol. The highest BCUT2D eigenvalue weighted by Gasteiger charge is 2.09. The predicted molar refractivity (Wildman–Crippen MR) is 72.1 cm³/mol. The Morgan fingerprint density at radius 1 is 0.950 bits per heavy atom. The Morgan fingerprint density at radius 2 is 1.60 bits per heavy atom. The smallest absolute Gasteiger partial charge is 0.335 e. The Hall–Kier alpha value is -3.02. The van der Waals surface area contributed by atoms with Gasteiger partial charge in [0.15, 0.2) is 11.5 Å². The monoisotopic (exact) mass is 273 g/mol. The van der Waals surface area contributed by atoms with Crippen LogP contribution in [0.15, 0.2) is 41.4 Å². The van der Waals surface area contributed by atoms with Crippen LogP contribution in [-0.4, -0.2) is 32.6 Å². The highest BCUT2D eigenvalue weighted by Crippen LogP contribution is 2.41. The van der Waals surface area contributed by atoms with E-state index < -0.39 is 23.2 Å². The zero-order valence-electron chi connectivity index (χ0n) is 10.2. The number of phenols is 3. The standard InChI is InChI=1S/C14H11NO5/c16-11-6-5-10(12(17)13(11)18)15-7-8-1-3-9(4-2-8)14(19)20/h1-7,16-18H,(H,19,20)/b15-7+. The number of aromatic carboxylic acids is 1. The van der Waals surface area contributed by atoms with E-state index >= 15 is 0 Å². The summed E-state index contributed by atoms with van der Waals surface area (Å²) in [6, 6.07) is 8.52. The predicted octanol–water partition coefficient (Wildman–Crippen LogP) is 2.25. The zero-order valence-corrected chi connectivity index (χ0v) is 10.2. The molecule has 102 valence electrons. The Kier molecular flexibility index (Phi) is 3.56. The molecule has 0 radical (unpaired) electrons. The van der Waals surface area contributed by atoms with Crippen molar-refractivity contribution in [2.75, 3.05) is 0 Å². The third kappa shape index (κ3) is 2.69. The molecule has 0 spiro atoms. The zero-order chi connectivity index (χ0) is 14.7. The second-order valence-electron chi connectivity index (χ2n) is 3.99. The van der Waals surface area contributed by atoms with E-state index in [1.165, 1.54) is 30.5 Å². The lowest BCUT2D eigenvalue weighted by molar-refractivity contribution is 0.0697. The maximum Gasteiger partial charge on any atom is 0.335 e. The number of aromatic hydroxyl groups is 3. The van der Waals surface area contributed by atoms with Crippen molar-refractivity contribution in [2.24, 2.45) is 4.99 Å². The van der Waals surface area contributed by atoms with Crippen molar-refractivity contribution < 1.29 is 25.2 Å². The van der Waals surface area contributed by atoms with Gasteiger partial charge in [-0.1, -0.05) is 12.1 Å². The van der Waals surface area contributed by atoms with Crippen LogP contribution < -0.4 is 0 Å². The first-order valence-corrected chi connectivity index (χ1v) is 5.60. The van der Waals surface area contributed by atoms with Crippen LogP contribution in [0, 0.1) is 0 Å². The SMILES string of the molecule is O=C(O)c1ccc(/C=N/c2ccc(O)c(O)c2O)cc1. The van der Waals surface area contributed by atoms with E-state index in [1.807, 2.05) is 0 Å². The molecule has 2 aromatic carbocycles. The van der Waals surface area contributed by atoms with Gasteiger partial charge in [0, 0.05) is 6.21 Å². The molecule has 0 unspecified atom stereocenters. The van der Waals surface area contributed by atoms with Gasteiger partial charge >= 0.3 is 5.97 Å². The largest absolute Gasteiger partial charge is 0.504 e. The fourth-order valence-corrected chi connectivity index (χ4v) is 1.52. The molecule has 0 aromatic heterocycles. The summed E-state index contributed by atoms with van der Waals surface area (Å²) in [6.45, 7) is 0. The molecule has 0 bridgehead atoms. The Balaban J connectivity index is 2.25. The number of carboxylic acid groups (broad SMARTS) is 1. The normalized spacial score (nSPS) is 10.8. The molecule has 6 heteroatoms. The fraction of sp³-hybridized carbons (Fsp3) is 0. The van der Waals surface area contributed by atoms with Gasteiger partial charge in [0.05, 0.1) is 5.56 Å². The summed E-state index contributed by atoms with van der Waals surface area (Å²) in [7, 11) is 0. The summed E-state index contributed by atoms with van der Waals surface area (Å²) in [4.78, 5) is 14.6. The first-order valence-electron chi connectivity index (χ1n) is 5.60. The molecule has 2 rings (SSSR count). The van der Waals surface area contributed by atoms with Gasteiger partial charge in [0.1, 0.15) is 5.69 Å². The number of rotatable bonds is 3. The molecule has 4 N–H and O–H groups in total. The molecule has 0 saturated heterocycles. The van der Waals surface area contributed by atoms with Crippen LogP contribution in [0.4, 0.5) is 5.69 Å². The lowest BCUT2D eigenvalue weighted by Gasteiger charge is -2.03. The van der Waals surface area contributed by atoms with Gasteiger partial charge in [-0.25, -0.2) is 4.79 Å². The summed E-state index contributed by atoms with van der Waals surface area (Å²) in [5, 5.41) is 36.8. The lowest BCUT2D eigenvalue weighted by atomic mass is 10.1. The fourth-order valence-electron chi connectivity index (χ4n) is 1.52. The lowest BCUT2D eigenvalue weighted by Crippen LogP contribution is -1.95. The molecule has 0 aliphatic heterocycles. The van der Waals surface area contributed by atoms with E-state index in [4.69, 9.17) is 5.11 Å². The van der Waals surface area contributed by atoms with Crippen LogP contribution in [0.25, 0.3) is 0 Å². The molecule has 0 atom stereocenters. The summed E-state index contributed by atoms with van der Waals surface area (Å²) in [6.07, 6.45) is 1.40. The second kappa shape index (κ2) is 5.31. The van der Waals surface area contributed by atoms with Crippen LogP contribution in [0.5, 0.6) is 17.2 Å². The van der Waals surface area contributed by atoms with Crippen LogP contribution in [-0.2, 0) is 0 Å². The molecular formula is C14H11NO5. The molecule has 0 heterocycles.